The molecule has 0 aliphatic carbocycles. The Morgan fingerprint density at radius 2 is 1.93 bits per heavy atom. The van der Waals surface area contributed by atoms with Gasteiger partial charge in [-0.05, 0) is 24.3 Å². The van der Waals surface area contributed by atoms with Crippen LogP contribution < -0.4 is 5.14 Å². The summed E-state index contributed by atoms with van der Waals surface area (Å²) in [5.41, 5.74) is 0.933. The molecular weight excluding hydrogens is 408 g/mol. The maximum absolute atomic E-state index is 11.3. The molecule has 1 aromatic carbocycles. The number of primary sulfonamides is 1. The molecule has 1 saturated heterocycles. The fourth-order valence-corrected chi connectivity index (χ4v) is 3.42. The average Bonchev–Trinajstić information content (AvgIpc) is 3.16. The molecule has 160 valence electrons. The Morgan fingerprint density at radius 1 is 1.24 bits per heavy atom. The number of aromatic nitrogens is 3. The lowest BCUT2D eigenvalue weighted by molar-refractivity contribution is -0.303. The van der Waals surface area contributed by atoms with E-state index in [1.807, 2.05) is 0 Å². The highest BCUT2D eigenvalue weighted by atomic mass is 32.2. The first-order valence-electron chi connectivity index (χ1n) is 8.56. The highest BCUT2D eigenvalue weighted by Crippen LogP contribution is 2.24. The van der Waals surface area contributed by atoms with Gasteiger partial charge in [-0.15, -0.1) is 5.10 Å². The van der Waals surface area contributed by atoms with E-state index in [4.69, 9.17) is 19.3 Å². The van der Waals surface area contributed by atoms with Crippen molar-refractivity contribution >= 4 is 10.0 Å². The molecule has 29 heavy (non-hydrogen) atoms. The van der Waals surface area contributed by atoms with E-state index in [1.165, 1.54) is 36.1 Å². The van der Waals surface area contributed by atoms with Crippen LogP contribution in [-0.2, 0) is 30.8 Å². The molecule has 2 aromatic rings. The Kier molecular flexibility index (Phi) is 6.60. The van der Waals surface area contributed by atoms with Crippen LogP contribution in [-0.4, -0.2) is 83.2 Å². The SMILES string of the molecule is CO[C@@H]1O[C@H](CO)[C@H](O)[C@H](OCc2cn(-c3ccc(S(N)(=O)=O)cc3)nn2)[C@H]1O. The van der Waals surface area contributed by atoms with Gasteiger partial charge in [-0.3, -0.25) is 0 Å². The molecule has 2 heterocycles. The molecule has 0 unspecified atom stereocenters. The number of aliphatic hydroxyl groups excluding tert-OH is 3. The lowest BCUT2D eigenvalue weighted by Crippen LogP contribution is -2.59. The van der Waals surface area contributed by atoms with Gasteiger partial charge >= 0.3 is 0 Å². The summed E-state index contributed by atoms with van der Waals surface area (Å²) in [5, 5.41) is 42.8. The fraction of sp³-hybridized carbons (Fsp3) is 0.500. The second-order valence-corrected chi connectivity index (χ2v) is 7.97. The van der Waals surface area contributed by atoms with Crippen LogP contribution in [0.15, 0.2) is 35.4 Å². The van der Waals surface area contributed by atoms with E-state index in [0.29, 0.717) is 11.4 Å². The van der Waals surface area contributed by atoms with Gasteiger partial charge in [0.2, 0.25) is 10.0 Å². The van der Waals surface area contributed by atoms with Gasteiger partial charge in [0, 0.05) is 7.11 Å². The predicted octanol–water partition coefficient (Wildman–Crippen LogP) is -2.11. The van der Waals surface area contributed by atoms with Crippen molar-refractivity contribution in [2.24, 2.45) is 5.14 Å². The van der Waals surface area contributed by atoms with Crippen LogP contribution >= 0.6 is 0 Å². The van der Waals surface area contributed by atoms with Crippen molar-refractivity contribution in [1.29, 1.82) is 0 Å². The molecule has 1 aliphatic rings. The van der Waals surface area contributed by atoms with Crippen molar-refractivity contribution < 1.29 is 37.9 Å². The zero-order valence-electron chi connectivity index (χ0n) is 15.4. The summed E-state index contributed by atoms with van der Waals surface area (Å²) in [6.45, 7) is -0.569. The number of aliphatic hydroxyl groups is 3. The second-order valence-electron chi connectivity index (χ2n) is 6.41. The minimum atomic E-state index is -3.79. The highest BCUT2D eigenvalue weighted by Gasteiger charge is 2.45. The molecule has 0 bridgehead atoms. The molecule has 1 aromatic heterocycles. The van der Waals surface area contributed by atoms with Crippen LogP contribution in [0.1, 0.15) is 5.69 Å². The Bertz CT molecular complexity index is 903. The summed E-state index contributed by atoms with van der Waals surface area (Å²) >= 11 is 0. The number of ether oxygens (including phenoxy) is 3. The van der Waals surface area contributed by atoms with Crippen LogP contribution in [0.25, 0.3) is 5.69 Å². The summed E-state index contributed by atoms with van der Waals surface area (Å²) in [4.78, 5) is -0.0291. The van der Waals surface area contributed by atoms with E-state index in [9.17, 15) is 23.7 Å². The zero-order valence-corrected chi connectivity index (χ0v) is 16.2. The first kappa shape index (κ1) is 21.7. The molecule has 13 heteroatoms. The van der Waals surface area contributed by atoms with Crippen LogP contribution in [0.4, 0.5) is 0 Å². The third kappa shape index (κ3) is 4.79. The Hall–Kier alpha value is -1.97. The lowest BCUT2D eigenvalue weighted by Gasteiger charge is -2.41. The molecule has 1 fully saturated rings. The number of nitrogens with zero attached hydrogens (tertiary/aromatic N) is 3. The Balaban J connectivity index is 1.68. The fourth-order valence-electron chi connectivity index (χ4n) is 2.91. The van der Waals surface area contributed by atoms with Gasteiger partial charge in [0.05, 0.1) is 30.0 Å². The summed E-state index contributed by atoms with van der Waals surface area (Å²) in [6.07, 6.45) is -4.12. The zero-order chi connectivity index (χ0) is 21.2. The molecule has 5 N–H and O–H groups in total. The molecule has 0 radical (unpaired) electrons. The largest absolute Gasteiger partial charge is 0.394 e. The van der Waals surface area contributed by atoms with Crippen molar-refractivity contribution in [2.45, 2.75) is 42.2 Å². The van der Waals surface area contributed by atoms with Gasteiger partial charge in [-0.25, -0.2) is 18.2 Å². The van der Waals surface area contributed by atoms with E-state index >= 15 is 0 Å². The molecule has 1 aliphatic heterocycles. The van der Waals surface area contributed by atoms with E-state index in [2.05, 4.69) is 10.3 Å². The molecule has 0 spiro atoms. The third-order valence-corrected chi connectivity index (χ3v) is 5.38. The van der Waals surface area contributed by atoms with Crippen LogP contribution in [0.2, 0.25) is 0 Å². The van der Waals surface area contributed by atoms with E-state index in [-0.39, 0.29) is 11.5 Å². The van der Waals surface area contributed by atoms with Gasteiger partial charge in [0.1, 0.15) is 30.1 Å². The second kappa shape index (κ2) is 8.81. The summed E-state index contributed by atoms with van der Waals surface area (Å²) in [5.74, 6) is 0. The number of rotatable bonds is 7. The summed E-state index contributed by atoms with van der Waals surface area (Å²) in [6, 6.07) is 5.72. The smallest absolute Gasteiger partial charge is 0.238 e. The number of hydrogen-bond acceptors (Lipinski definition) is 10. The van der Waals surface area contributed by atoms with E-state index in [1.54, 1.807) is 6.20 Å². The molecule has 5 atom stereocenters. The third-order valence-electron chi connectivity index (χ3n) is 4.45. The molecule has 0 amide bonds. The Labute approximate surface area is 166 Å². The van der Waals surface area contributed by atoms with E-state index < -0.39 is 47.3 Å². The highest BCUT2D eigenvalue weighted by molar-refractivity contribution is 7.89. The van der Waals surface area contributed by atoms with Crippen molar-refractivity contribution in [3.8, 4) is 5.69 Å². The number of nitrogens with two attached hydrogens (primary N) is 1. The van der Waals surface area contributed by atoms with Gasteiger partial charge in [0.25, 0.3) is 0 Å². The predicted molar refractivity (Wildman–Crippen MR) is 96.1 cm³/mol. The maximum atomic E-state index is 11.3. The summed E-state index contributed by atoms with van der Waals surface area (Å²) < 4.78 is 39.9. The lowest BCUT2D eigenvalue weighted by atomic mass is 9.99. The number of methoxy groups -OCH3 is 1. The van der Waals surface area contributed by atoms with Gasteiger partial charge in [0.15, 0.2) is 6.29 Å². The van der Waals surface area contributed by atoms with Crippen molar-refractivity contribution in [2.75, 3.05) is 13.7 Å². The number of hydrogen-bond donors (Lipinski definition) is 4. The maximum Gasteiger partial charge on any atom is 0.238 e. The standard InChI is InChI=1S/C16H22N4O8S/c1-26-16-14(23)15(13(22)12(7-21)28-16)27-8-9-6-20(19-18-9)10-2-4-11(5-3-10)29(17,24)25/h2-6,12-16,21-23H,7-8H2,1H3,(H2,17,24,25)/t12-,13+,14-,15+,16-/m1/s1. The van der Waals surface area contributed by atoms with E-state index in [0.717, 1.165) is 0 Å². The molecule has 12 nitrogen and oxygen atoms in total. The minimum absolute atomic E-state index is 0.0291. The van der Waals surface area contributed by atoms with Crippen LogP contribution in [0, 0.1) is 0 Å². The minimum Gasteiger partial charge on any atom is -0.394 e. The molecular formula is C16H22N4O8S. The summed E-state index contributed by atoms with van der Waals surface area (Å²) in [7, 11) is -2.47. The topological polar surface area (TPSA) is 179 Å². The van der Waals surface area contributed by atoms with Crippen molar-refractivity contribution in [1.82, 2.24) is 15.0 Å². The monoisotopic (exact) mass is 430 g/mol. The first-order chi connectivity index (χ1) is 13.7. The first-order valence-corrected chi connectivity index (χ1v) is 10.1. The number of benzene rings is 1. The van der Waals surface area contributed by atoms with Gasteiger partial charge in [-0.2, -0.15) is 0 Å². The van der Waals surface area contributed by atoms with Crippen LogP contribution in [0.3, 0.4) is 0 Å². The van der Waals surface area contributed by atoms with Gasteiger partial charge < -0.3 is 29.5 Å². The average molecular weight is 430 g/mol. The quantitative estimate of drug-likeness (QED) is 0.379. The number of sulfonamides is 1. The normalized spacial score (nSPS) is 27.8. The molecule has 3 rings (SSSR count). The molecule has 0 saturated carbocycles. The Morgan fingerprint density at radius 3 is 2.52 bits per heavy atom. The van der Waals surface area contributed by atoms with Crippen LogP contribution in [0.5, 0.6) is 0 Å². The van der Waals surface area contributed by atoms with Crippen molar-refractivity contribution in [3.05, 3.63) is 36.2 Å². The van der Waals surface area contributed by atoms with Crippen molar-refractivity contribution in [3.63, 3.8) is 0 Å². The van der Waals surface area contributed by atoms with Gasteiger partial charge in [-0.1, -0.05) is 5.21 Å².